The highest BCUT2D eigenvalue weighted by Crippen LogP contribution is 2.34. The molecule has 1 amide bonds. The number of carbonyl (C=O) groups is 2. The Hall–Kier alpha value is -2.87. The Morgan fingerprint density at radius 3 is 2.50 bits per heavy atom. The highest BCUT2D eigenvalue weighted by atomic mass is 32.2. The van der Waals surface area contributed by atoms with Gasteiger partial charge in [0.2, 0.25) is 10.0 Å². The maximum Gasteiger partial charge on any atom is 0.338 e. The van der Waals surface area contributed by atoms with E-state index >= 15 is 0 Å². The van der Waals surface area contributed by atoms with Crippen LogP contribution in [0.5, 0.6) is 0 Å². The molecular weight excluding hydrogens is 380 g/mol. The molecule has 1 heterocycles. The Bertz CT molecular complexity index is 1000. The summed E-state index contributed by atoms with van der Waals surface area (Å²) in [4.78, 5) is 26.0. The fourth-order valence-corrected chi connectivity index (χ4v) is 4.60. The molecule has 1 atom stereocenters. The van der Waals surface area contributed by atoms with Gasteiger partial charge >= 0.3 is 5.97 Å². The molecule has 0 spiro atoms. The van der Waals surface area contributed by atoms with Crippen molar-refractivity contribution in [1.82, 2.24) is 0 Å². The van der Waals surface area contributed by atoms with E-state index in [1.807, 2.05) is 25.1 Å². The summed E-state index contributed by atoms with van der Waals surface area (Å²) in [6.07, 6.45) is 1.68. The molecule has 0 saturated carbocycles. The minimum atomic E-state index is -3.39. The zero-order valence-electron chi connectivity index (χ0n) is 16.0. The van der Waals surface area contributed by atoms with Gasteiger partial charge in [-0.15, -0.1) is 0 Å². The largest absolute Gasteiger partial charge is 0.452 e. The molecule has 0 bridgehead atoms. The van der Waals surface area contributed by atoms with Crippen LogP contribution in [0.3, 0.4) is 0 Å². The van der Waals surface area contributed by atoms with Crippen LogP contribution >= 0.6 is 0 Å². The fourth-order valence-electron chi connectivity index (χ4n) is 3.34. The number of benzene rings is 2. The number of amides is 1. The standard InChI is InChI=1S/C20H22N2O5S/c1-14-11-16-12-15(9-10-18(16)22(14)28(3,25)26)20(24)27-13-19(23)21(2)17-7-5-4-6-8-17/h4-10,12,14H,11,13H2,1-3H3/t14-/m0/s1. The molecule has 0 aromatic heterocycles. The predicted octanol–water partition coefficient (Wildman–Crippen LogP) is 2.22. The number of ether oxygens (including phenoxy) is 1. The molecule has 0 radical (unpaired) electrons. The lowest BCUT2D eigenvalue weighted by Crippen LogP contribution is -2.34. The monoisotopic (exact) mass is 402 g/mol. The van der Waals surface area contributed by atoms with Crippen molar-refractivity contribution < 1.29 is 22.7 Å². The van der Waals surface area contributed by atoms with Crippen molar-refractivity contribution in [2.24, 2.45) is 0 Å². The third kappa shape index (κ3) is 4.01. The molecule has 1 aliphatic heterocycles. The molecule has 2 aromatic rings. The van der Waals surface area contributed by atoms with Crippen molar-refractivity contribution in [3.8, 4) is 0 Å². The van der Waals surface area contributed by atoms with Gasteiger partial charge in [-0.05, 0) is 49.2 Å². The van der Waals surface area contributed by atoms with Gasteiger partial charge in [0, 0.05) is 18.8 Å². The van der Waals surface area contributed by atoms with E-state index in [1.54, 1.807) is 31.3 Å². The lowest BCUT2D eigenvalue weighted by Gasteiger charge is -2.21. The summed E-state index contributed by atoms with van der Waals surface area (Å²) in [5, 5.41) is 0. The minimum absolute atomic E-state index is 0.211. The summed E-state index contributed by atoms with van der Waals surface area (Å²) in [7, 11) is -1.78. The van der Waals surface area contributed by atoms with Crippen molar-refractivity contribution in [3.63, 3.8) is 0 Å². The van der Waals surface area contributed by atoms with Gasteiger partial charge in [0.25, 0.3) is 5.91 Å². The lowest BCUT2D eigenvalue weighted by atomic mass is 10.1. The third-order valence-electron chi connectivity index (χ3n) is 4.67. The molecule has 0 aliphatic carbocycles. The molecule has 148 valence electrons. The first-order valence-corrected chi connectivity index (χ1v) is 10.6. The Morgan fingerprint density at radius 1 is 1.18 bits per heavy atom. The van der Waals surface area contributed by atoms with Gasteiger partial charge < -0.3 is 9.64 Å². The number of likely N-dealkylation sites (N-methyl/N-ethyl adjacent to an activating group) is 1. The van der Waals surface area contributed by atoms with Gasteiger partial charge in [0.15, 0.2) is 6.61 Å². The van der Waals surface area contributed by atoms with Crippen LogP contribution in [0, 0.1) is 0 Å². The van der Waals surface area contributed by atoms with E-state index in [0.717, 1.165) is 11.8 Å². The number of para-hydroxylation sites is 1. The van der Waals surface area contributed by atoms with Crippen LogP contribution < -0.4 is 9.21 Å². The second kappa shape index (κ2) is 7.63. The normalized spacial score (nSPS) is 15.8. The van der Waals surface area contributed by atoms with E-state index < -0.39 is 16.0 Å². The first kappa shape index (κ1) is 19.9. The van der Waals surface area contributed by atoms with Gasteiger partial charge in [0.05, 0.1) is 17.5 Å². The maximum atomic E-state index is 12.3. The lowest BCUT2D eigenvalue weighted by molar-refractivity contribution is -0.121. The third-order valence-corrected chi connectivity index (χ3v) is 5.94. The van der Waals surface area contributed by atoms with E-state index in [0.29, 0.717) is 17.8 Å². The van der Waals surface area contributed by atoms with Crippen molar-refractivity contribution in [3.05, 3.63) is 59.7 Å². The number of carbonyl (C=O) groups excluding carboxylic acids is 2. The number of sulfonamides is 1. The zero-order chi connectivity index (χ0) is 20.5. The number of hydrogen-bond donors (Lipinski definition) is 0. The van der Waals surface area contributed by atoms with Crippen LogP contribution in [0.4, 0.5) is 11.4 Å². The maximum absolute atomic E-state index is 12.3. The van der Waals surface area contributed by atoms with Gasteiger partial charge in [-0.1, -0.05) is 18.2 Å². The second-order valence-corrected chi connectivity index (χ2v) is 8.68. The molecule has 0 N–H and O–H groups in total. The van der Waals surface area contributed by atoms with Crippen molar-refractivity contribution in [1.29, 1.82) is 0 Å². The Balaban J connectivity index is 1.68. The van der Waals surface area contributed by atoms with E-state index in [2.05, 4.69) is 0 Å². The molecule has 7 nitrogen and oxygen atoms in total. The molecule has 0 saturated heterocycles. The second-order valence-electron chi connectivity index (χ2n) is 6.82. The molecule has 3 rings (SSSR count). The van der Waals surface area contributed by atoms with E-state index in [9.17, 15) is 18.0 Å². The molecular formula is C20H22N2O5S. The molecule has 1 aliphatic rings. The van der Waals surface area contributed by atoms with E-state index in [1.165, 1.54) is 15.3 Å². The smallest absolute Gasteiger partial charge is 0.338 e. The molecule has 0 unspecified atom stereocenters. The highest BCUT2D eigenvalue weighted by molar-refractivity contribution is 7.92. The van der Waals surface area contributed by atoms with E-state index in [4.69, 9.17) is 4.74 Å². The topological polar surface area (TPSA) is 84.0 Å². The predicted molar refractivity (Wildman–Crippen MR) is 107 cm³/mol. The molecule has 8 heteroatoms. The number of nitrogens with zero attached hydrogens (tertiary/aromatic N) is 2. The summed E-state index contributed by atoms with van der Waals surface area (Å²) in [5.74, 6) is -0.972. The Labute approximate surface area is 164 Å². The molecule has 2 aromatic carbocycles. The van der Waals surface area contributed by atoms with Crippen LogP contribution in [0.25, 0.3) is 0 Å². The van der Waals surface area contributed by atoms with Crippen molar-refractivity contribution in [2.75, 3.05) is 29.1 Å². The summed E-state index contributed by atoms with van der Waals surface area (Å²) >= 11 is 0. The number of anilines is 2. The first-order valence-electron chi connectivity index (χ1n) is 8.79. The summed E-state index contributed by atoms with van der Waals surface area (Å²) < 4.78 is 30.5. The van der Waals surface area contributed by atoms with Crippen LogP contribution in [0.1, 0.15) is 22.8 Å². The van der Waals surface area contributed by atoms with Crippen LogP contribution in [-0.4, -0.2) is 46.2 Å². The van der Waals surface area contributed by atoms with Crippen LogP contribution in [0.15, 0.2) is 48.5 Å². The summed E-state index contributed by atoms with van der Waals surface area (Å²) in [5.41, 5.74) is 2.33. The van der Waals surface area contributed by atoms with Crippen LogP contribution in [0.2, 0.25) is 0 Å². The number of esters is 1. The SMILES string of the molecule is C[C@H]1Cc2cc(C(=O)OCC(=O)N(C)c3ccccc3)ccc2N1S(C)(=O)=O. The quantitative estimate of drug-likeness (QED) is 0.716. The number of hydrogen-bond acceptors (Lipinski definition) is 5. The van der Waals surface area contributed by atoms with Crippen LogP contribution in [-0.2, 0) is 26.0 Å². The fraction of sp³-hybridized carbons (Fsp3) is 0.300. The average molecular weight is 402 g/mol. The van der Waals surface area contributed by atoms with Crippen molar-refractivity contribution in [2.45, 2.75) is 19.4 Å². The van der Waals surface area contributed by atoms with Gasteiger partial charge in [-0.2, -0.15) is 0 Å². The minimum Gasteiger partial charge on any atom is -0.452 e. The zero-order valence-corrected chi connectivity index (χ0v) is 16.8. The summed E-state index contributed by atoms with van der Waals surface area (Å²) in [6.45, 7) is 1.43. The highest BCUT2D eigenvalue weighted by Gasteiger charge is 2.33. The molecule has 0 fully saturated rings. The number of fused-ring (bicyclic) bond motifs is 1. The average Bonchev–Trinajstić information content (AvgIpc) is 3.00. The van der Waals surface area contributed by atoms with Crippen molar-refractivity contribution >= 4 is 33.3 Å². The number of rotatable bonds is 5. The van der Waals surface area contributed by atoms with Gasteiger partial charge in [-0.25, -0.2) is 13.2 Å². The molecule has 28 heavy (non-hydrogen) atoms. The van der Waals surface area contributed by atoms with Gasteiger partial charge in [0.1, 0.15) is 0 Å². The van der Waals surface area contributed by atoms with Gasteiger partial charge in [-0.3, -0.25) is 9.10 Å². The Kier molecular flexibility index (Phi) is 5.42. The Morgan fingerprint density at radius 2 is 1.86 bits per heavy atom. The van der Waals surface area contributed by atoms with E-state index in [-0.39, 0.29) is 24.1 Å². The summed E-state index contributed by atoms with van der Waals surface area (Å²) in [6, 6.07) is 13.6. The first-order chi connectivity index (χ1) is 13.2.